The third-order valence-electron chi connectivity index (χ3n) is 2.39. The molecule has 1 atom stereocenters. The predicted molar refractivity (Wildman–Crippen MR) is 62.4 cm³/mol. The maximum absolute atomic E-state index is 5.28. The zero-order chi connectivity index (χ0) is 10.2. The maximum Gasteiger partial charge on any atom is 0.166 e. The number of thiocarbonyl (C=S) groups is 1. The van der Waals surface area contributed by atoms with Gasteiger partial charge in [-0.25, -0.2) is 0 Å². The monoisotopic (exact) mass is 216 g/mol. The summed E-state index contributed by atoms with van der Waals surface area (Å²) in [6, 6.07) is 0. The molecule has 0 aromatic rings. The summed E-state index contributed by atoms with van der Waals surface area (Å²) < 4.78 is 5.28. The molecule has 1 heterocycles. The van der Waals surface area contributed by atoms with Crippen molar-refractivity contribution >= 4 is 17.3 Å². The van der Waals surface area contributed by atoms with Crippen molar-refractivity contribution in [3.05, 3.63) is 0 Å². The summed E-state index contributed by atoms with van der Waals surface area (Å²) in [5, 5.41) is 7.19. The van der Waals surface area contributed by atoms with Crippen LogP contribution < -0.4 is 10.6 Å². The van der Waals surface area contributed by atoms with Crippen molar-refractivity contribution in [2.24, 2.45) is 5.92 Å². The van der Waals surface area contributed by atoms with E-state index in [1.54, 1.807) is 0 Å². The van der Waals surface area contributed by atoms with Crippen molar-refractivity contribution < 1.29 is 4.74 Å². The molecule has 0 amide bonds. The van der Waals surface area contributed by atoms with Crippen LogP contribution in [0.25, 0.3) is 0 Å². The zero-order valence-electron chi connectivity index (χ0n) is 8.84. The lowest BCUT2D eigenvalue weighted by Gasteiger charge is -2.12. The molecule has 0 saturated carbocycles. The number of ether oxygens (including phenoxy) is 1. The van der Waals surface area contributed by atoms with Gasteiger partial charge in [0.15, 0.2) is 5.11 Å². The fourth-order valence-corrected chi connectivity index (χ4v) is 1.61. The normalized spacial score (nSPS) is 20.8. The van der Waals surface area contributed by atoms with Gasteiger partial charge in [0, 0.05) is 25.6 Å². The summed E-state index contributed by atoms with van der Waals surface area (Å²) in [6.07, 6.45) is 3.53. The maximum atomic E-state index is 5.28. The Hall–Kier alpha value is -0.350. The molecule has 0 aromatic carbocycles. The van der Waals surface area contributed by atoms with Crippen molar-refractivity contribution in [3.63, 3.8) is 0 Å². The molecule has 0 aliphatic carbocycles. The molecular formula is C10H20N2OS. The van der Waals surface area contributed by atoms with E-state index in [9.17, 15) is 0 Å². The average Bonchev–Trinajstić information content (AvgIpc) is 2.68. The van der Waals surface area contributed by atoms with Crippen molar-refractivity contribution in [2.45, 2.75) is 26.2 Å². The Morgan fingerprint density at radius 1 is 1.50 bits per heavy atom. The lowest BCUT2D eigenvalue weighted by Crippen LogP contribution is -2.38. The summed E-state index contributed by atoms with van der Waals surface area (Å²) >= 11 is 5.14. The highest BCUT2D eigenvalue weighted by Crippen LogP contribution is 2.10. The largest absolute Gasteiger partial charge is 0.381 e. The molecule has 1 aliphatic rings. The first-order chi connectivity index (χ1) is 6.83. The topological polar surface area (TPSA) is 33.3 Å². The molecule has 0 aromatic heterocycles. The summed E-state index contributed by atoms with van der Waals surface area (Å²) in [6.45, 7) is 5.88. The molecule has 4 heteroatoms. The van der Waals surface area contributed by atoms with E-state index in [1.807, 2.05) is 0 Å². The fraction of sp³-hybridized carbons (Fsp3) is 0.900. The van der Waals surface area contributed by atoms with E-state index in [4.69, 9.17) is 17.0 Å². The minimum Gasteiger partial charge on any atom is -0.381 e. The molecule has 0 spiro atoms. The number of hydrogen-bond donors (Lipinski definition) is 2. The van der Waals surface area contributed by atoms with Crippen LogP contribution in [0.15, 0.2) is 0 Å². The Bertz CT molecular complexity index is 170. The molecule has 0 radical (unpaired) electrons. The van der Waals surface area contributed by atoms with Crippen molar-refractivity contribution in [1.82, 2.24) is 10.6 Å². The molecule has 14 heavy (non-hydrogen) atoms. The molecule has 1 unspecified atom stereocenters. The summed E-state index contributed by atoms with van der Waals surface area (Å²) in [5.74, 6) is 0.640. The molecule has 2 N–H and O–H groups in total. The highest BCUT2D eigenvalue weighted by Gasteiger charge is 2.15. The van der Waals surface area contributed by atoms with Gasteiger partial charge >= 0.3 is 0 Å². The van der Waals surface area contributed by atoms with E-state index in [2.05, 4.69) is 17.6 Å². The number of nitrogens with one attached hydrogen (secondary N) is 2. The van der Waals surface area contributed by atoms with Crippen LogP contribution in [0.4, 0.5) is 0 Å². The van der Waals surface area contributed by atoms with E-state index < -0.39 is 0 Å². The first-order valence-electron chi connectivity index (χ1n) is 5.42. The van der Waals surface area contributed by atoms with E-state index in [0.29, 0.717) is 5.92 Å². The lowest BCUT2D eigenvalue weighted by molar-refractivity contribution is 0.186. The quantitative estimate of drug-likeness (QED) is 0.536. The third kappa shape index (κ3) is 4.77. The molecule has 0 bridgehead atoms. The Morgan fingerprint density at radius 2 is 2.36 bits per heavy atom. The van der Waals surface area contributed by atoms with Crippen LogP contribution in [0.2, 0.25) is 0 Å². The standard InChI is InChI=1S/C10H20N2OS/c1-2-3-5-11-10(14)12-7-9-4-6-13-8-9/h9H,2-8H2,1H3,(H2,11,12,14). The lowest BCUT2D eigenvalue weighted by atomic mass is 10.1. The zero-order valence-corrected chi connectivity index (χ0v) is 9.66. The molecule has 3 nitrogen and oxygen atoms in total. The van der Waals surface area contributed by atoms with Gasteiger partial charge in [-0.3, -0.25) is 0 Å². The van der Waals surface area contributed by atoms with Crippen molar-refractivity contribution in [2.75, 3.05) is 26.3 Å². The smallest absolute Gasteiger partial charge is 0.166 e. The van der Waals surface area contributed by atoms with Crippen LogP contribution in [0.1, 0.15) is 26.2 Å². The third-order valence-corrected chi connectivity index (χ3v) is 2.68. The van der Waals surface area contributed by atoms with E-state index in [-0.39, 0.29) is 0 Å². The van der Waals surface area contributed by atoms with E-state index >= 15 is 0 Å². The van der Waals surface area contributed by atoms with Crippen LogP contribution in [0, 0.1) is 5.92 Å². The SMILES string of the molecule is CCCCNC(=S)NCC1CCOC1. The van der Waals surface area contributed by atoms with Gasteiger partial charge in [0.05, 0.1) is 6.61 Å². The number of rotatable bonds is 5. The number of hydrogen-bond acceptors (Lipinski definition) is 2. The first-order valence-corrected chi connectivity index (χ1v) is 5.83. The summed E-state index contributed by atoms with van der Waals surface area (Å²) in [5.41, 5.74) is 0. The van der Waals surface area contributed by atoms with Crippen LogP contribution >= 0.6 is 12.2 Å². The molecular weight excluding hydrogens is 196 g/mol. The molecule has 1 saturated heterocycles. The van der Waals surface area contributed by atoms with Gasteiger partial charge in [-0.05, 0) is 25.1 Å². The van der Waals surface area contributed by atoms with Crippen LogP contribution in [0.5, 0.6) is 0 Å². The first kappa shape index (κ1) is 11.7. The van der Waals surface area contributed by atoms with Gasteiger partial charge in [-0.15, -0.1) is 0 Å². The average molecular weight is 216 g/mol. The Balaban J connectivity index is 1.96. The van der Waals surface area contributed by atoms with E-state index in [0.717, 1.165) is 37.8 Å². The molecule has 1 aliphatic heterocycles. The van der Waals surface area contributed by atoms with E-state index in [1.165, 1.54) is 12.8 Å². The molecule has 1 fully saturated rings. The second kappa shape index (κ2) is 7.01. The van der Waals surface area contributed by atoms with Gasteiger partial charge in [0.1, 0.15) is 0 Å². The van der Waals surface area contributed by atoms with Gasteiger partial charge in [-0.1, -0.05) is 13.3 Å². The van der Waals surface area contributed by atoms with Crippen LogP contribution in [0.3, 0.4) is 0 Å². The Morgan fingerprint density at radius 3 is 3.00 bits per heavy atom. The predicted octanol–water partition coefficient (Wildman–Crippen LogP) is 1.29. The summed E-state index contributed by atoms with van der Waals surface area (Å²) in [7, 11) is 0. The van der Waals surface area contributed by atoms with Gasteiger partial charge in [0.2, 0.25) is 0 Å². The second-order valence-corrected chi connectivity index (χ2v) is 4.13. The summed E-state index contributed by atoms with van der Waals surface area (Å²) in [4.78, 5) is 0. The molecule has 82 valence electrons. The second-order valence-electron chi connectivity index (χ2n) is 3.72. The van der Waals surface area contributed by atoms with Crippen LogP contribution in [-0.2, 0) is 4.74 Å². The minimum absolute atomic E-state index is 0.640. The highest BCUT2D eigenvalue weighted by molar-refractivity contribution is 7.80. The van der Waals surface area contributed by atoms with Gasteiger partial charge < -0.3 is 15.4 Å². The Labute approximate surface area is 91.6 Å². The van der Waals surface area contributed by atoms with Gasteiger partial charge in [0.25, 0.3) is 0 Å². The van der Waals surface area contributed by atoms with Crippen molar-refractivity contribution in [1.29, 1.82) is 0 Å². The minimum atomic E-state index is 0.640. The number of unbranched alkanes of at least 4 members (excludes halogenated alkanes) is 1. The molecule has 1 rings (SSSR count). The Kier molecular flexibility index (Phi) is 5.87. The fourth-order valence-electron chi connectivity index (χ4n) is 1.42. The van der Waals surface area contributed by atoms with Crippen LogP contribution in [-0.4, -0.2) is 31.4 Å². The van der Waals surface area contributed by atoms with Crippen molar-refractivity contribution in [3.8, 4) is 0 Å². The van der Waals surface area contributed by atoms with Gasteiger partial charge in [-0.2, -0.15) is 0 Å². The highest BCUT2D eigenvalue weighted by atomic mass is 32.1.